The summed E-state index contributed by atoms with van der Waals surface area (Å²) in [5, 5.41) is 7.10. The predicted octanol–water partition coefficient (Wildman–Crippen LogP) is 0.733. The van der Waals surface area contributed by atoms with Crippen LogP contribution in [0.1, 0.15) is 24.0 Å². The maximum Gasteiger partial charge on any atom is 0.314 e. The number of hydrogen-bond acceptors (Lipinski definition) is 4. The third-order valence-electron chi connectivity index (χ3n) is 4.47. The second-order valence-corrected chi connectivity index (χ2v) is 6.20. The number of primary amides is 1. The molecule has 3 amide bonds. The third kappa shape index (κ3) is 4.34. The summed E-state index contributed by atoms with van der Waals surface area (Å²) in [5.41, 5.74) is 7.44. The number of piperidine rings is 1. The Balaban J connectivity index is 1.59. The molecule has 1 aromatic heterocycles. The van der Waals surface area contributed by atoms with E-state index in [1.54, 1.807) is 11.0 Å². The van der Waals surface area contributed by atoms with E-state index in [1.807, 2.05) is 24.3 Å². The minimum atomic E-state index is -0.462. The summed E-state index contributed by atoms with van der Waals surface area (Å²) in [4.78, 5) is 29.2. The summed E-state index contributed by atoms with van der Waals surface area (Å²) in [7, 11) is 0. The summed E-state index contributed by atoms with van der Waals surface area (Å²) in [6.45, 7) is 2.06. The number of likely N-dealkylation sites (tertiary alicyclic amines) is 1. The summed E-state index contributed by atoms with van der Waals surface area (Å²) in [5.74, 6) is -0.245. The highest BCUT2D eigenvalue weighted by molar-refractivity contribution is 5.80. The van der Waals surface area contributed by atoms with Gasteiger partial charge in [0.1, 0.15) is 12.7 Å². The minimum absolute atomic E-state index is 0.0403. The fourth-order valence-corrected chi connectivity index (χ4v) is 3.09. The number of amides is 3. The standard InChI is InChI=1S/C17H22N6O2/c18-17(25)22-7-3-6-15(9-22)16(24)20-8-13-4-1-2-5-14(13)10-23-12-19-11-21-23/h1-2,4-5,11-12,15H,3,6-10H2,(H2,18,25)(H,20,24)/t15-/m1/s1. The number of rotatable bonds is 5. The van der Waals surface area contributed by atoms with Crippen LogP contribution in [0.3, 0.4) is 0 Å². The van der Waals surface area contributed by atoms with Gasteiger partial charge in [0.05, 0.1) is 12.5 Å². The van der Waals surface area contributed by atoms with E-state index in [-0.39, 0.29) is 11.8 Å². The SMILES string of the molecule is NC(=O)N1CCC[C@@H](C(=O)NCc2ccccc2Cn2cncn2)C1. The highest BCUT2D eigenvalue weighted by atomic mass is 16.2. The van der Waals surface area contributed by atoms with E-state index in [2.05, 4.69) is 15.4 Å². The molecule has 0 saturated carbocycles. The van der Waals surface area contributed by atoms with Crippen LogP contribution in [-0.4, -0.2) is 44.7 Å². The van der Waals surface area contributed by atoms with Gasteiger partial charge in [0, 0.05) is 19.6 Å². The van der Waals surface area contributed by atoms with Gasteiger partial charge in [-0.25, -0.2) is 14.5 Å². The second-order valence-electron chi connectivity index (χ2n) is 6.20. The van der Waals surface area contributed by atoms with Gasteiger partial charge >= 0.3 is 6.03 Å². The van der Waals surface area contributed by atoms with Crippen LogP contribution < -0.4 is 11.1 Å². The molecule has 8 nitrogen and oxygen atoms in total. The molecule has 1 aliphatic heterocycles. The van der Waals surface area contributed by atoms with Crippen LogP contribution in [0.5, 0.6) is 0 Å². The fourth-order valence-electron chi connectivity index (χ4n) is 3.09. The maximum atomic E-state index is 12.5. The molecule has 0 radical (unpaired) electrons. The first kappa shape index (κ1) is 16.9. The van der Waals surface area contributed by atoms with Crippen LogP contribution in [0.4, 0.5) is 4.79 Å². The Morgan fingerprint density at radius 3 is 2.80 bits per heavy atom. The van der Waals surface area contributed by atoms with Crippen LogP contribution in [0.2, 0.25) is 0 Å². The van der Waals surface area contributed by atoms with Crippen molar-refractivity contribution in [3.8, 4) is 0 Å². The molecule has 25 heavy (non-hydrogen) atoms. The maximum absolute atomic E-state index is 12.5. The number of carbonyl (C=O) groups excluding carboxylic acids is 2. The van der Waals surface area contributed by atoms with Crippen LogP contribution in [0.15, 0.2) is 36.9 Å². The molecule has 8 heteroatoms. The monoisotopic (exact) mass is 342 g/mol. The zero-order valence-corrected chi connectivity index (χ0v) is 14.0. The Morgan fingerprint density at radius 2 is 2.08 bits per heavy atom. The lowest BCUT2D eigenvalue weighted by molar-refractivity contribution is -0.126. The van der Waals surface area contributed by atoms with Crippen molar-refractivity contribution in [2.45, 2.75) is 25.9 Å². The fraction of sp³-hybridized carbons (Fsp3) is 0.412. The van der Waals surface area contributed by atoms with Crippen molar-refractivity contribution in [2.75, 3.05) is 13.1 Å². The number of urea groups is 1. The van der Waals surface area contributed by atoms with Gasteiger partial charge in [-0.15, -0.1) is 0 Å². The van der Waals surface area contributed by atoms with Crippen LogP contribution in [0, 0.1) is 5.92 Å². The van der Waals surface area contributed by atoms with E-state index in [9.17, 15) is 9.59 Å². The number of benzene rings is 1. The van der Waals surface area contributed by atoms with Gasteiger partial charge in [-0.05, 0) is 24.0 Å². The quantitative estimate of drug-likeness (QED) is 0.835. The number of nitrogens with zero attached hydrogens (tertiary/aromatic N) is 4. The molecule has 2 aromatic rings. The van der Waals surface area contributed by atoms with Gasteiger partial charge in [-0.1, -0.05) is 24.3 Å². The summed E-state index contributed by atoms with van der Waals surface area (Å²) in [6, 6.07) is 7.45. The molecule has 1 aliphatic rings. The first-order valence-electron chi connectivity index (χ1n) is 8.35. The zero-order valence-electron chi connectivity index (χ0n) is 14.0. The lowest BCUT2D eigenvalue weighted by Gasteiger charge is -2.30. The highest BCUT2D eigenvalue weighted by Gasteiger charge is 2.27. The molecule has 1 fully saturated rings. The van der Waals surface area contributed by atoms with Crippen LogP contribution >= 0.6 is 0 Å². The Hall–Kier alpha value is -2.90. The lowest BCUT2D eigenvalue weighted by atomic mass is 9.97. The first-order valence-corrected chi connectivity index (χ1v) is 8.35. The molecule has 0 bridgehead atoms. The molecule has 132 valence electrons. The van der Waals surface area contributed by atoms with Gasteiger partial charge in [-0.3, -0.25) is 4.79 Å². The van der Waals surface area contributed by atoms with Crippen molar-refractivity contribution in [1.82, 2.24) is 25.0 Å². The average molecular weight is 342 g/mol. The van der Waals surface area contributed by atoms with E-state index in [0.29, 0.717) is 26.2 Å². The van der Waals surface area contributed by atoms with Crippen LogP contribution in [0.25, 0.3) is 0 Å². The van der Waals surface area contributed by atoms with E-state index >= 15 is 0 Å². The Morgan fingerprint density at radius 1 is 1.28 bits per heavy atom. The van der Waals surface area contributed by atoms with Crippen molar-refractivity contribution in [3.63, 3.8) is 0 Å². The number of aromatic nitrogens is 3. The van der Waals surface area contributed by atoms with Crippen molar-refractivity contribution >= 4 is 11.9 Å². The molecular formula is C17H22N6O2. The van der Waals surface area contributed by atoms with Crippen molar-refractivity contribution in [2.24, 2.45) is 11.7 Å². The topological polar surface area (TPSA) is 106 Å². The molecule has 0 spiro atoms. The minimum Gasteiger partial charge on any atom is -0.352 e. The van der Waals surface area contributed by atoms with Gasteiger partial charge in [0.15, 0.2) is 0 Å². The van der Waals surface area contributed by atoms with E-state index in [1.165, 1.54) is 11.2 Å². The molecule has 1 aromatic carbocycles. The lowest BCUT2D eigenvalue weighted by Crippen LogP contribution is -2.47. The van der Waals surface area contributed by atoms with Gasteiger partial charge in [-0.2, -0.15) is 5.10 Å². The number of hydrogen-bond donors (Lipinski definition) is 2. The average Bonchev–Trinajstić information content (AvgIpc) is 3.14. The number of nitrogens with one attached hydrogen (secondary N) is 1. The second kappa shape index (κ2) is 7.78. The van der Waals surface area contributed by atoms with Crippen LogP contribution in [-0.2, 0) is 17.9 Å². The zero-order chi connectivity index (χ0) is 17.6. The van der Waals surface area contributed by atoms with Gasteiger partial charge < -0.3 is 16.0 Å². The summed E-state index contributed by atoms with van der Waals surface area (Å²) >= 11 is 0. The van der Waals surface area contributed by atoms with E-state index in [4.69, 9.17) is 5.73 Å². The summed E-state index contributed by atoms with van der Waals surface area (Å²) in [6.07, 6.45) is 4.73. The summed E-state index contributed by atoms with van der Waals surface area (Å²) < 4.78 is 1.74. The number of nitrogens with two attached hydrogens (primary N) is 1. The molecule has 2 heterocycles. The molecular weight excluding hydrogens is 320 g/mol. The predicted molar refractivity (Wildman–Crippen MR) is 91.3 cm³/mol. The van der Waals surface area contributed by atoms with Gasteiger partial charge in [0.25, 0.3) is 0 Å². The Labute approximate surface area is 146 Å². The molecule has 1 atom stereocenters. The largest absolute Gasteiger partial charge is 0.352 e. The Bertz CT molecular complexity index is 730. The smallest absolute Gasteiger partial charge is 0.314 e. The first-order chi connectivity index (χ1) is 12.1. The molecule has 0 unspecified atom stereocenters. The molecule has 3 N–H and O–H groups in total. The molecule has 0 aliphatic carbocycles. The normalized spacial score (nSPS) is 17.3. The van der Waals surface area contributed by atoms with Crippen molar-refractivity contribution < 1.29 is 9.59 Å². The van der Waals surface area contributed by atoms with E-state index < -0.39 is 6.03 Å². The van der Waals surface area contributed by atoms with E-state index in [0.717, 1.165) is 24.0 Å². The van der Waals surface area contributed by atoms with Gasteiger partial charge in [0.2, 0.25) is 5.91 Å². The molecule has 3 rings (SSSR count). The molecule has 1 saturated heterocycles. The van der Waals surface area contributed by atoms with Crippen molar-refractivity contribution in [1.29, 1.82) is 0 Å². The third-order valence-corrected chi connectivity index (χ3v) is 4.47. The van der Waals surface area contributed by atoms with Crippen molar-refractivity contribution in [3.05, 3.63) is 48.0 Å². The number of carbonyl (C=O) groups is 2. The highest BCUT2D eigenvalue weighted by Crippen LogP contribution is 2.17. The Kier molecular flexibility index (Phi) is 5.27.